The summed E-state index contributed by atoms with van der Waals surface area (Å²) in [4.78, 5) is 0. The van der Waals surface area contributed by atoms with Crippen LogP contribution in [0.2, 0.25) is 0 Å². The topological polar surface area (TPSA) is 56.7 Å². The van der Waals surface area contributed by atoms with Gasteiger partial charge in [-0.25, -0.2) is 0 Å². The van der Waals surface area contributed by atoms with Crippen LogP contribution in [-0.2, 0) is 13.1 Å². The zero-order valence-electron chi connectivity index (χ0n) is 12.2. The van der Waals surface area contributed by atoms with E-state index in [0.29, 0.717) is 6.54 Å². The van der Waals surface area contributed by atoms with Crippen molar-refractivity contribution in [2.75, 3.05) is 0 Å². The van der Waals surface area contributed by atoms with Gasteiger partial charge in [-0.05, 0) is 38.3 Å². The first-order chi connectivity index (χ1) is 9.08. The van der Waals surface area contributed by atoms with Gasteiger partial charge in [-0.15, -0.1) is 10.2 Å². The molecule has 2 rings (SSSR count). The molecule has 2 N–H and O–H groups in total. The Labute approximate surface area is 114 Å². The van der Waals surface area contributed by atoms with E-state index in [4.69, 9.17) is 5.73 Å². The zero-order valence-corrected chi connectivity index (χ0v) is 12.2. The lowest BCUT2D eigenvalue weighted by atomic mass is 9.99. The Morgan fingerprint density at radius 2 is 1.74 bits per heavy atom. The van der Waals surface area contributed by atoms with Crippen LogP contribution in [0, 0.1) is 20.8 Å². The van der Waals surface area contributed by atoms with Crippen LogP contribution >= 0.6 is 0 Å². The highest BCUT2D eigenvalue weighted by Gasteiger charge is 2.16. The molecule has 0 saturated carbocycles. The van der Waals surface area contributed by atoms with Gasteiger partial charge in [-0.1, -0.05) is 24.6 Å². The van der Waals surface area contributed by atoms with Crippen LogP contribution in [0.5, 0.6) is 0 Å². The van der Waals surface area contributed by atoms with E-state index in [1.807, 2.05) is 0 Å². The summed E-state index contributed by atoms with van der Waals surface area (Å²) in [6, 6.07) is 4.38. The van der Waals surface area contributed by atoms with Crippen LogP contribution in [0.25, 0.3) is 11.4 Å². The molecule has 0 fully saturated rings. The van der Waals surface area contributed by atoms with Crippen molar-refractivity contribution in [1.29, 1.82) is 0 Å². The van der Waals surface area contributed by atoms with Gasteiger partial charge >= 0.3 is 0 Å². The highest BCUT2D eigenvalue weighted by atomic mass is 15.3. The molecule has 0 atom stereocenters. The number of nitrogens with two attached hydrogens (primary N) is 1. The van der Waals surface area contributed by atoms with E-state index in [1.54, 1.807) is 0 Å². The van der Waals surface area contributed by atoms with Crippen molar-refractivity contribution in [2.45, 2.75) is 47.2 Å². The Balaban J connectivity index is 2.62. The van der Waals surface area contributed by atoms with Gasteiger partial charge in [0.2, 0.25) is 0 Å². The minimum atomic E-state index is 0.428. The number of aromatic nitrogens is 3. The summed E-state index contributed by atoms with van der Waals surface area (Å²) in [5.74, 6) is 1.80. The predicted octanol–water partition coefficient (Wildman–Crippen LogP) is 2.74. The molecule has 4 nitrogen and oxygen atoms in total. The number of hydrogen-bond acceptors (Lipinski definition) is 3. The maximum atomic E-state index is 5.75. The monoisotopic (exact) mass is 258 g/mol. The lowest BCUT2D eigenvalue weighted by Gasteiger charge is -2.13. The summed E-state index contributed by atoms with van der Waals surface area (Å²) >= 11 is 0. The van der Waals surface area contributed by atoms with Crippen molar-refractivity contribution in [3.05, 3.63) is 34.6 Å². The lowest BCUT2D eigenvalue weighted by molar-refractivity contribution is 0.643. The predicted molar refractivity (Wildman–Crippen MR) is 77.9 cm³/mol. The van der Waals surface area contributed by atoms with E-state index in [1.165, 1.54) is 22.3 Å². The number of aryl methyl sites for hydroxylation is 3. The molecule has 1 heterocycles. The Kier molecular flexibility index (Phi) is 4.00. The van der Waals surface area contributed by atoms with Crippen LogP contribution in [0.3, 0.4) is 0 Å². The molecule has 0 aliphatic carbocycles. The van der Waals surface area contributed by atoms with E-state index in [2.05, 4.69) is 54.6 Å². The fourth-order valence-electron chi connectivity index (χ4n) is 2.66. The third kappa shape index (κ3) is 2.54. The second-order valence-electron chi connectivity index (χ2n) is 5.07. The normalized spacial score (nSPS) is 11.0. The Hall–Kier alpha value is -1.68. The van der Waals surface area contributed by atoms with Crippen molar-refractivity contribution in [3.63, 3.8) is 0 Å². The van der Waals surface area contributed by atoms with Crippen molar-refractivity contribution in [2.24, 2.45) is 5.73 Å². The molecule has 1 aromatic carbocycles. The highest BCUT2D eigenvalue weighted by Crippen LogP contribution is 2.27. The van der Waals surface area contributed by atoms with Crippen molar-refractivity contribution in [3.8, 4) is 11.4 Å². The summed E-state index contributed by atoms with van der Waals surface area (Å²) in [6.07, 6.45) is 1.04. The van der Waals surface area contributed by atoms with Crippen LogP contribution in [0.15, 0.2) is 12.1 Å². The molecule has 0 amide bonds. The maximum absolute atomic E-state index is 5.75. The van der Waals surface area contributed by atoms with Crippen molar-refractivity contribution >= 4 is 0 Å². The summed E-state index contributed by atoms with van der Waals surface area (Å²) in [5.41, 5.74) is 10.7. The SMILES string of the molecule is CCCn1c(CN)nnc1-c1c(C)cc(C)cc1C. The summed E-state index contributed by atoms with van der Waals surface area (Å²) in [6.45, 7) is 9.86. The van der Waals surface area contributed by atoms with Gasteiger partial charge in [0.1, 0.15) is 5.82 Å². The van der Waals surface area contributed by atoms with Gasteiger partial charge in [0.05, 0.1) is 6.54 Å². The Morgan fingerprint density at radius 3 is 2.26 bits per heavy atom. The molecule has 0 spiro atoms. The van der Waals surface area contributed by atoms with Gasteiger partial charge in [-0.3, -0.25) is 0 Å². The molecule has 19 heavy (non-hydrogen) atoms. The first kappa shape index (κ1) is 13.7. The molecule has 4 heteroatoms. The summed E-state index contributed by atoms with van der Waals surface area (Å²) in [7, 11) is 0. The maximum Gasteiger partial charge on any atom is 0.164 e. The Bertz CT molecular complexity index is 561. The van der Waals surface area contributed by atoms with Crippen LogP contribution in [0.4, 0.5) is 0 Å². The van der Waals surface area contributed by atoms with Crippen molar-refractivity contribution in [1.82, 2.24) is 14.8 Å². The molecule has 0 aliphatic rings. The number of hydrogen-bond donors (Lipinski definition) is 1. The zero-order chi connectivity index (χ0) is 14.0. The van der Waals surface area contributed by atoms with Gasteiger partial charge in [-0.2, -0.15) is 0 Å². The smallest absolute Gasteiger partial charge is 0.164 e. The first-order valence-corrected chi connectivity index (χ1v) is 6.78. The van der Waals surface area contributed by atoms with Crippen LogP contribution in [0.1, 0.15) is 35.9 Å². The fourth-order valence-corrected chi connectivity index (χ4v) is 2.66. The van der Waals surface area contributed by atoms with E-state index < -0.39 is 0 Å². The summed E-state index contributed by atoms with van der Waals surface area (Å²) < 4.78 is 2.14. The Morgan fingerprint density at radius 1 is 1.11 bits per heavy atom. The molecule has 2 aromatic rings. The highest BCUT2D eigenvalue weighted by molar-refractivity contribution is 5.65. The van der Waals surface area contributed by atoms with E-state index in [9.17, 15) is 0 Å². The molecule has 0 bridgehead atoms. The van der Waals surface area contributed by atoms with E-state index >= 15 is 0 Å². The van der Waals surface area contributed by atoms with Gasteiger partial charge in [0.15, 0.2) is 5.82 Å². The molecule has 0 saturated heterocycles. The first-order valence-electron chi connectivity index (χ1n) is 6.78. The summed E-state index contributed by atoms with van der Waals surface area (Å²) in [5, 5.41) is 8.58. The largest absolute Gasteiger partial charge is 0.324 e. The molecule has 102 valence electrons. The minimum absolute atomic E-state index is 0.428. The lowest BCUT2D eigenvalue weighted by Crippen LogP contribution is -2.10. The average Bonchev–Trinajstić information content (AvgIpc) is 2.72. The fraction of sp³-hybridized carbons (Fsp3) is 0.467. The van der Waals surface area contributed by atoms with Gasteiger partial charge < -0.3 is 10.3 Å². The standard InChI is InChI=1S/C15H22N4/c1-5-6-19-13(9-16)17-18-15(19)14-11(3)7-10(2)8-12(14)4/h7-8H,5-6,9,16H2,1-4H3. The average molecular weight is 258 g/mol. The molecule has 0 aliphatic heterocycles. The number of nitrogens with zero attached hydrogens (tertiary/aromatic N) is 3. The van der Waals surface area contributed by atoms with Crippen molar-refractivity contribution < 1.29 is 0 Å². The van der Waals surface area contributed by atoms with Gasteiger partial charge in [0.25, 0.3) is 0 Å². The molecular weight excluding hydrogens is 236 g/mol. The van der Waals surface area contributed by atoms with E-state index in [-0.39, 0.29) is 0 Å². The minimum Gasteiger partial charge on any atom is -0.324 e. The third-order valence-electron chi connectivity index (χ3n) is 3.36. The second kappa shape index (κ2) is 5.53. The third-order valence-corrected chi connectivity index (χ3v) is 3.36. The molecule has 0 radical (unpaired) electrons. The van der Waals surface area contributed by atoms with Crippen LogP contribution < -0.4 is 5.73 Å². The quantitative estimate of drug-likeness (QED) is 0.917. The number of benzene rings is 1. The number of rotatable bonds is 4. The second-order valence-corrected chi connectivity index (χ2v) is 5.07. The van der Waals surface area contributed by atoms with Gasteiger partial charge in [0, 0.05) is 12.1 Å². The molecule has 1 aromatic heterocycles. The van der Waals surface area contributed by atoms with Crippen LogP contribution in [-0.4, -0.2) is 14.8 Å². The van der Waals surface area contributed by atoms with E-state index in [0.717, 1.165) is 24.6 Å². The molecular formula is C15H22N4. The molecule has 0 unspecified atom stereocenters.